The van der Waals surface area contributed by atoms with Crippen LogP contribution in [0.25, 0.3) is 5.69 Å². The third kappa shape index (κ3) is 5.63. The first kappa shape index (κ1) is 24.7. The molecule has 36 heavy (non-hydrogen) atoms. The van der Waals surface area contributed by atoms with Gasteiger partial charge in [-0.25, -0.2) is 9.82 Å². The summed E-state index contributed by atoms with van der Waals surface area (Å²) in [4.78, 5) is 24.5. The predicted molar refractivity (Wildman–Crippen MR) is 135 cm³/mol. The number of carbonyl (C=O) groups is 2. The van der Waals surface area contributed by atoms with E-state index in [-0.39, 0.29) is 17.1 Å². The maximum atomic E-state index is 13.8. The van der Waals surface area contributed by atoms with Crippen LogP contribution < -0.4 is 15.5 Å². The number of hydrazone groups is 1. The summed E-state index contributed by atoms with van der Waals surface area (Å²) in [6, 6.07) is 15.3. The van der Waals surface area contributed by atoms with Crippen molar-refractivity contribution in [3.05, 3.63) is 87.9 Å². The van der Waals surface area contributed by atoms with Gasteiger partial charge in [0, 0.05) is 22.6 Å². The van der Waals surface area contributed by atoms with Crippen LogP contribution in [0.1, 0.15) is 32.3 Å². The maximum absolute atomic E-state index is 13.8. The minimum Gasteiger partial charge on any atom is -0.497 e. The fourth-order valence-corrected chi connectivity index (χ4v) is 4.32. The summed E-state index contributed by atoms with van der Waals surface area (Å²) < 4.78 is 21.1. The zero-order valence-electron chi connectivity index (χ0n) is 19.8. The summed E-state index contributed by atoms with van der Waals surface area (Å²) in [5.41, 5.74) is 6.21. The molecular formula is C25H23FN6O3S. The van der Waals surface area contributed by atoms with Crippen LogP contribution in [0.15, 0.2) is 59.7 Å². The van der Waals surface area contributed by atoms with Crippen molar-refractivity contribution in [1.82, 2.24) is 20.2 Å². The number of hydrogen-bond donors (Lipinski definition) is 2. The molecule has 0 fully saturated rings. The lowest BCUT2D eigenvalue weighted by atomic mass is 10.2. The number of nitrogens with one attached hydrogen (secondary N) is 2. The Morgan fingerprint density at radius 2 is 1.89 bits per heavy atom. The third-order valence-corrected chi connectivity index (χ3v) is 6.15. The van der Waals surface area contributed by atoms with Crippen molar-refractivity contribution in [2.24, 2.45) is 5.10 Å². The lowest BCUT2D eigenvalue weighted by Gasteiger charge is -2.10. The molecule has 0 radical (unpaired) electrons. The average Bonchev–Trinajstić information content (AvgIpc) is 3.41. The van der Waals surface area contributed by atoms with E-state index < -0.39 is 17.6 Å². The van der Waals surface area contributed by atoms with Crippen molar-refractivity contribution in [3.8, 4) is 11.4 Å². The Balaban J connectivity index is 1.34. The first-order chi connectivity index (χ1) is 17.4. The van der Waals surface area contributed by atoms with Crippen LogP contribution in [-0.2, 0) is 11.2 Å². The molecule has 11 heteroatoms. The number of amides is 2. The molecule has 9 nitrogen and oxygen atoms in total. The number of carbonyl (C=O) groups excluding carboxylic acids is 2. The number of ether oxygens (including phenoxy) is 1. The zero-order chi connectivity index (χ0) is 25.7. The molecule has 0 saturated heterocycles. The summed E-state index contributed by atoms with van der Waals surface area (Å²) in [6.07, 6.45) is 1.51. The number of aryl methyl sites for hydroxylation is 1. The second kappa shape index (κ2) is 10.9. The Hall–Kier alpha value is -4.38. The summed E-state index contributed by atoms with van der Waals surface area (Å²) in [5, 5.41) is 14.8. The van der Waals surface area contributed by atoms with Crippen molar-refractivity contribution >= 4 is 34.5 Å². The highest BCUT2D eigenvalue weighted by molar-refractivity contribution is 7.15. The molecule has 0 spiro atoms. The highest BCUT2D eigenvalue weighted by Gasteiger charge is 2.15. The lowest BCUT2D eigenvalue weighted by Crippen LogP contribution is -2.19. The van der Waals surface area contributed by atoms with E-state index in [4.69, 9.17) is 4.74 Å². The van der Waals surface area contributed by atoms with Crippen LogP contribution >= 0.6 is 11.3 Å². The normalized spacial score (nSPS) is 11.0. The van der Waals surface area contributed by atoms with E-state index in [9.17, 15) is 14.0 Å². The van der Waals surface area contributed by atoms with Crippen LogP contribution in [0.4, 0.5) is 9.52 Å². The van der Waals surface area contributed by atoms with Crippen LogP contribution in [0, 0.1) is 19.7 Å². The Labute approximate surface area is 210 Å². The van der Waals surface area contributed by atoms with Crippen molar-refractivity contribution in [1.29, 1.82) is 0 Å². The van der Waals surface area contributed by atoms with Crippen molar-refractivity contribution in [2.45, 2.75) is 20.3 Å². The SMILES string of the molecule is COc1ccc(-n2c(C)cc(/C=N/NC(=O)Cc3nnc(NC(=O)c4ccccc4F)s3)c2C)cc1. The summed E-state index contributed by atoms with van der Waals surface area (Å²) >= 11 is 1.03. The molecular weight excluding hydrogens is 483 g/mol. The van der Waals surface area contributed by atoms with Crippen LogP contribution in [0.3, 0.4) is 0 Å². The number of anilines is 1. The molecule has 2 heterocycles. The number of nitrogens with zero attached hydrogens (tertiary/aromatic N) is 4. The molecule has 4 rings (SSSR count). The van der Waals surface area contributed by atoms with E-state index in [2.05, 4.69) is 30.6 Å². The number of aromatic nitrogens is 3. The van der Waals surface area contributed by atoms with E-state index in [1.54, 1.807) is 19.4 Å². The largest absolute Gasteiger partial charge is 0.497 e. The molecule has 0 aliphatic carbocycles. The second-order valence-corrected chi connectivity index (χ2v) is 8.83. The Bertz CT molecular complexity index is 1430. The molecule has 0 aliphatic heterocycles. The van der Waals surface area contributed by atoms with Gasteiger partial charge in [-0.1, -0.05) is 23.5 Å². The zero-order valence-corrected chi connectivity index (χ0v) is 20.6. The fraction of sp³-hybridized carbons (Fsp3) is 0.160. The Morgan fingerprint density at radius 1 is 1.14 bits per heavy atom. The third-order valence-electron chi connectivity index (χ3n) is 5.31. The molecule has 0 unspecified atom stereocenters. The van der Waals surface area contributed by atoms with Gasteiger partial charge < -0.3 is 9.30 Å². The summed E-state index contributed by atoms with van der Waals surface area (Å²) in [6.45, 7) is 3.96. The minimum atomic E-state index is -0.642. The monoisotopic (exact) mass is 506 g/mol. The number of hydrogen-bond acceptors (Lipinski definition) is 7. The molecule has 0 saturated carbocycles. The molecule has 0 bridgehead atoms. The van der Waals surface area contributed by atoms with E-state index in [1.165, 1.54) is 18.2 Å². The second-order valence-electron chi connectivity index (χ2n) is 7.76. The highest BCUT2D eigenvalue weighted by atomic mass is 32.1. The number of rotatable bonds is 8. The van der Waals surface area contributed by atoms with Crippen molar-refractivity contribution < 1.29 is 18.7 Å². The number of halogens is 1. The van der Waals surface area contributed by atoms with Gasteiger partial charge >= 0.3 is 0 Å². The fourth-order valence-electron chi connectivity index (χ4n) is 3.58. The number of benzene rings is 2. The van der Waals surface area contributed by atoms with Gasteiger partial charge in [-0.3, -0.25) is 14.9 Å². The Morgan fingerprint density at radius 3 is 2.61 bits per heavy atom. The van der Waals surface area contributed by atoms with Gasteiger partial charge in [-0.05, 0) is 56.3 Å². The lowest BCUT2D eigenvalue weighted by molar-refractivity contribution is -0.120. The molecule has 2 N–H and O–H groups in total. The summed E-state index contributed by atoms with van der Waals surface area (Å²) in [5.74, 6) is -0.891. The maximum Gasteiger partial charge on any atom is 0.260 e. The van der Waals surface area contributed by atoms with Gasteiger partial charge in [0.2, 0.25) is 11.0 Å². The van der Waals surface area contributed by atoms with Gasteiger partial charge in [0.05, 0.1) is 25.3 Å². The molecule has 184 valence electrons. The highest BCUT2D eigenvalue weighted by Crippen LogP contribution is 2.22. The first-order valence-electron chi connectivity index (χ1n) is 10.9. The van der Waals surface area contributed by atoms with E-state index in [0.29, 0.717) is 5.01 Å². The van der Waals surface area contributed by atoms with E-state index in [1.807, 2.05) is 44.2 Å². The molecule has 0 atom stereocenters. The van der Waals surface area contributed by atoms with Crippen molar-refractivity contribution in [3.63, 3.8) is 0 Å². The van der Waals surface area contributed by atoms with Gasteiger partial charge in [0.25, 0.3) is 5.91 Å². The molecule has 2 aromatic heterocycles. The Kier molecular flexibility index (Phi) is 7.50. The molecule has 2 aromatic carbocycles. The first-order valence-corrected chi connectivity index (χ1v) is 11.7. The number of methoxy groups -OCH3 is 1. The van der Waals surface area contributed by atoms with Crippen LogP contribution in [0.5, 0.6) is 5.75 Å². The van der Waals surface area contributed by atoms with Crippen LogP contribution in [0.2, 0.25) is 0 Å². The van der Waals surface area contributed by atoms with E-state index >= 15 is 0 Å². The summed E-state index contributed by atoms with van der Waals surface area (Å²) in [7, 11) is 1.63. The standard InChI is InChI=1S/C25H23FN6O3S/c1-15-12-17(16(2)32(15)18-8-10-19(35-3)11-9-18)14-27-29-22(33)13-23-30-31-25(36-23)28-24(34)20-6-4-5-7-21(20)26/h4-12,14H,13H2,1-3H3,(H,29,33)(H,28,31,34)/b27-14+. The molecule has 0 aliphatic rings. The van der Waals surface area contributed by atoms with Gasteiger partial charge in [-0.2, -0.15) is 5.10 Å². The quantitative estimate of drug-likeness (QED) is 0.277. The predicted octanol–water partition coefficient (Wildman–Crippen LogP) is 4.04. The minimum absolute atomic E-state index is 0.0740. The van der Waals surface area contributed by atoms with E-state index in [0.717, 1.165) is 39.7 Å². The van der Waals surface area contributed by atoms with Gasteiger partial charge in [-0.15, -0.1) is 10.2 Å². The molecule has 4 aromatic rings. The van der Waals surface area contributed by atoms with Crippen molar-refractivity contribution in [2.75, 3.05) is 12.4 Å². The van der Waals surface area contributed by atoms with Crippen LogP contribution in [-0.4, -0.2) is 39.9 Å². The molecule has 2 amide bonds. The van der Waals surface area contributed by atoms with Gasteiger partial charge in [0.1, 0.15) is 16.6 Å². The van der Waals surface area contributed by atoms with Gasteiger partial charge in [0.15, 0.2) is 0 Å². The topological polar surface area (TPSA) is 110 Å². The smallest absolute Gasteiger partial charge is 0.260 e. The average molecular weight is 507 g/mol.